The summed E-state index contributed by atoms with van der Waals surface area (Å²) in [5, 5.41) is 0. The van der Waals surface area contributed by atoms with Crippen molar-refractivity contribution in [2.24, 2.45) is 11.7 Å². The number of piperidine rings is 1. The average molecular weight is 237 g/mol. The summed E-state index contributed by atoms with van der Waals surface area (Å²) in [6.45, 7) is 8.42. The quantitative estimate of drug-likeness (QED) is 0.803. The largest absolute Gasteiger partial charge is 0.329 e. The molecule has 4 unspecified atom stereocenters. The van der Waals surface area contributed by atoms with Gasteiger partial charge in [-0.2, -0.15) is 0 Å². The predicted octanol–water partition coefficient (Wildman–Crippen LogP) is 1.28. The van der Waals surface area contributed by atoms with E-state index in [9.17, 15) is 0 Å². The lowest BCUT2D eigenvalue weighted by atomic mass is 9.76. The van der Waals surface area contributed by atoms with E-state index in [1.54, 1.807) is 0 Å². The minimum absolute atomic E-state index is 0.351. The third-order valence-electron chi connectivity index (χ3n) is 5.67. The van der Waals surface area contributed by atoms with E-state index >= 15 is 0 Å². The third-order valence-corrected chi connectivity index (χ3v) is 5.67. The lowest BCUT2D eigenvalue weighted by molar-refractivity contribution is -0.00216. The van der Waals surface area contributed by atoms with Crippen LogP contribution in [0.25, 0.3) is 0 Å². The van der Waals surface area contributed by atoms with Gasteiger partial charge >= 0.3 is 0 Å². The Morgan fingerprint density at radius 1 is 1.24 bits per heavy atom. The van der Waals surface area contributed by atoms with Gasteiger partial charge in [0.05, 0.1) is 0 Å². The minimum Gasteiger partial charge on any atom is -0.329 e. The van der Waals surface area contributed by atoms with Crippen molar-refractivity contribution in [3.8, 4) is 0 Å². The molecule has 3 aliphatic heterocycles. The van der Waals surface area contributed by atoms with Gasteiger partial charge in [-0.15, -0.1) is 0 Å². The fourth-order valence-corrected chi connectivity index (χ4v) is 4.64. The first-order valence-electron chi connectivity index (χ1n) is 7.49. The van der Waals surface area contributed by atoms with Gasteiger partial charge in [0.1, 0.15) is 0 Å². The molecule has 3 nitrogen and oxygen atoms in total. The van der Waals surface area contributed by atoms with Gasteiger partial charge in [-0.05, 0) is 57.7 Å². The molecule has 3 saturated heterocycles. The van der Waals surface area contributed by atoms with Crippen molar-refractivity contribution in [2.45, 2.75) is 50.6 Å². The monoisotopic (exact) mass is 237 g/mol. The first-order valence-corrected chi connectivity index (χ1v) is 7.49. The Hall–Kier alpha value is -0.120. The van der Waals surface area contributed by atoms with Crippen molar-refractivity contribution in [3.63, 3.8) is 0 Å². The lowest BCUT2D eigenvalue weighted by Crippen LogP contribution is -2.63. The molecule has 0 aromatic rings. The van der Waals surface area contributed by atoms with Crippen LogP contribution in [0.15, 0.2) is 0 Å². The predicted molar refractivity (Wildman–Crippen MR) is 71.0 cm³/mol. The summed E-state index contributed by atoms with van der Waals surface area (Å²) < 4.78 is 0. The van der Waals surface area contributed by atoms with Crippen molar-refractivity contribution in [3.05, 3.63) is 0 Å². The Labute approximate surface area is 105 Å². The second-order valence-electron chi connectivity index (χ2n) is 6.24. The number of nitrogens with zero attached hydrogens (tertiary/aromatic N) is 2. The van der Waals surface area contributed by atoms with Gasteiger partial charge in [-0.1, -0.05) is 6.92 Å². The fraction of sp³-hybridized carbons (Fsp3) is 1.00. The molecule has 3 rings (SSSR count). The first kappa shape index (κ1) is 11.9. The van der Waals surface area contributed by atoms with Gasteiger partial charge in [0.15, 0.2) is 0 Å². The zero-order valence-corrected chi connectivity index (χ0v) is 11.2. The molecule has 3 heterocycles. The number of nitrogens with two attached hydrogens (primary N) is 1. The first-order chi connectivity index (χ1) is 8.30. The second-order valence-corrected chi connectivity index (χ2v) is 6.24. The van der Waals surface area contributed by atoms with Crippen LogP contribution in [0.4, 0.5) is 0 Å². The maximum absolute atomic E-state index is 6.26. The SMILES string of the molecule is CCC1CCCN1C1(CN)CCN2CCC1C2. The van der Waals surface area contributed by atoms with E-state index in [0.717, 1.165) is 18.5 Å². The van der Waals surface area contributed by atoms with E-state index in [1.165, 1.54) is 58.3 Å². The summed E-state index contributed by atoms with van der Waals surface area (Å²) in [6.07, 6.45) is 6.78. The molecule has 0 aliphatic carbocycles. The number of rotatable bonds is 3. The fourth-order valence-electron chi connectivity index (χ4n) is 4.64. The van der Waals surface area contributed by atoms with E-state index in [4.69, 9.17) is 5.73 Å². The smallest absolute Gasteiger partial charge is 0.0387 e. The molecule has 0 aromatic heterocycles. The highest BCUT2D eigenvalue weighted by Gasteiger charge is 2.51. The standard InChI is InChI=1S/C14H27N3/c1-2-13-4-3-7-17(13)14(11-15)6-9-16-8-5-12(14)10-16/h12-13H,2-11,15H2,1H3. The zero-order valence-electron chi connectivity index (χ0n) is 11.2. The molecule has 0 radical (unpaired) electrons. The summed E-state index contributed by atoms with van der Waals surface area (Å²) in [5.41, 5.74) is 6.61. The van der Waals surface area contributed by atoms with Crippen molar-refractivity contribution >= 4 is 0 Å². The number of likely N-dealkylation sites (tertiary alicyclic amines) is 1. The van der Waals surface area contributed by atoms with Crippen LogP contribution in [-0.2, 0) is 0 Å². The van der Waals surface area contributed by atoms with Crippen LogP contribution < -0.4 is 5.73 Å². The molecule has 98 valence electrons. The van der Waals surface area contributed by atoms with E-state index in [0.29, 0.717) is 5.54 Å². The summed E-state index contributed by atoms with van der Waals surface area (Å²) in [5.74, 6) is 0.841. The van der Waals surface area contributed by atoms with Crippen LogP contribution in [0, 0.1) is 5.92 Å². The van der Waals surface area contributed by atoms with Gasteiger partial charge in [-0.25, -0.2) is 0 Å². The maximum atomic E-state index is 6.26. The van der Waals surface area contributed by atoms with Gasteiger partial charge in [0.2, 0.25) is 0 Å². The van der Waals surface area contributed by atoms with Crippen LogP contribution in [0.2, 0.25) is 0 Å². The molecule has 3 fully saturated rings. The summed E-state index contributed by atoms with van der Waals surface area (Å²) in [4.78, 5) is 5.45. The van der Waals surface area contributed by atoms with Crippen LogP contribution in [0.1, 0.15) is 39.0 Å². The Bertz CT molecular complexity index is 281. The zero-order chi connectivity index (χ0) is 11.9. The van der Waals surface area contributed by atoms with Crippen LogP contribution in [-0.4, -0.2) is 54.1 Å². The molecule has 0 spiro atoms. The Morgan fingerprint density at radius 2 is 2.12 bits per heavy atom. The molecule has 0 amide bonds. The number of hydrogen-bond acceptors (Lipinski definition) is 3. The average Bonchev–Trinajstić information content (AvgIpc) is 2.99. The summed E-state index contributed by atoms with van der Waals surface area (Å²) >= 11 is 0. The van der Waals surface area contributed by atoms with Crippen molar-refractivity contribution in [2.75, 3.05) is 32.7 Å². The molecular weight excluding hydrogens is 210 g/mol. The molecule has 3 aliphatic rings. The molecule has 0 saturated carbocycles. The van der Waals surface area contributed by atoms with Crippen LogP contribution in [0.3, 0.4) is 0 Å². The van der Waals surface area contributed by atoms with Crippen molar-refractivity contribution in [1.29, 1.82) is 0 Å². The number of fused-ring (bicyclic) bond motifs is 2. The number of hydrogen-bond donors (Lipinski definition) is 1. The van der Waals surface area contributed by atoms with Crippen molar-refractivity contribution in [1.82, 2.24) is 9.80 Å². The van der Waals surface area contributed by atoms with Crippen LogP contribution in [0.5, 0.6) is 0 Å². The topological polar surface area (TPSA) is 32.5 Å². The Morgan fingerprint density at radius 3 is 2.88 bits per heavy atom. The Kier molecular flexibility index (Phi) is 3.18. The Balaban J connectivity index is 1.85. The minimum atomic E-state index is 0.351. The highest BCUT2D eigenvalue weighted by molar-refractivity contribution is 5.07. The van der Waals surface area contributed by atoms with Gasteiger partial charge in [-0.3, -0.25) is 4.90 Å². The maximum Gasteiger partial charge on any atom is 0.0387 e. The molecule has 2 bridgehead atoms. The summed E-state index contributed by atoms with van der Waals surface area (Å²) in [7, 11) is 0. The van der Waals surface area contributed by atoms with E-state index in [-0.39, 0.29) is 0 Å². The van der Waals surface area contributed by atoms with Gasteiger partial charge in [0.25, 0.3) is 0 Å². The molecule has 17 heavy (non-hydrogen) atoms. The molecule has 3 heteroatoms. The normalized spacial score (nSPS) is 46.6. The molecular formula is C14H27N3. The second kappa shape index (κ2) is 4.52. The van der Waals surface area contributed by atoms with Crippen molar-refractivity contribution < 1.29 is 0 Å². The highest BCUT2D eigenvalue weighted by Crippen LogP contribution is 2.42. The third kappa shape index (κ3) is 1.74. The lowest BCUT2D eigenvalue weighted by Gasteiger charge is -2.51. The van der Waals surface area contributed by atoms with E-state index in [1.807, 2.05) is 0 Å². The summed E-state index contributed by atoms with van der Waals surface area (Å²) in [6, 6.07) is 0.811. The molecule has 4 atom stereocenters. The van der Waals surface area contributed by atoms with E-state index < -0.39 is 0 Å². The van der Waals surface area contributed by atoms with Gasteiger partial charge < -0.3 is 10.6 Å². The highest BCUT2D eigenvalue weighted by atomic mass is 15.3. The molecule has 0 aromatic carbocycles. The van der Waals surface area contributed by atoms with E-state index in [2.05, 4.69) is 16.7 Å². The van der Waals surface area contributed by atoms with Crippen LogP contribution >= 0.6 is 0 Å². The van der Waals surface area contributed by atoms with Gasteiger partial charge in [0, 0.05) is 24.7 Å². The molecule has 2 N–H and O–H groups in total.